The minimum absolute atomic E-state index is 0.206. The van der Waals surface area contributed by atoms with Crippen LogP contribution in [0.1, 0.15) is 46.1 Å². The summed E-state index contributed by atoms with van der Waals surface area (Å²) in [7, 11) is 0. The number of hydrogen-bond acceptors (Lipinski definition) is 6. The van der Waals surface area contributed by atoms with Crippen LogP contribution in [-0.4, -0.2) is 85.2 Å². The first-order valence-corrected chi connectivity index (χ1v) is 13.1. The van der Waals surface area contributed by atoms with Gasteiger partial charge < -0.3 is 20.3 Å². The Bertz CT molecular complexity index is 980. The van der Waals surface area contributed by atoms with Gasteiger partial charge in [-0.05, 0) is 30.7 Å². The maximum Gasteiger partial charge on any atom is 0.321 e. The van der Waals surface area contributed by atoms with Crippen molar-refractivity contribution in [3.63, 3.8) is 0 Å². The standard InChI is InChI=1S/C27H41N7O3/c1-5-29-25(36)31-24(34-13-15-37-16-14-34)30-22(17-26(2,3)4)23(35)32-27(19-28)11-12-33(20-27)18-21-9-7-6-8-10-21/h6-10,22H,5,11-18,20H2,1-4H3,(H,32,35)(H2,29,30,31,36). The maximum absolute atomic E-state index is 13.7. The molecule has 3 amide bonds. The van der Waals surface area contributed by atoms with Crippen LogP contribution in [0.5, 0.6) is 0 Å². The number of hydrogen-bond donors (Lipinski definition) is 3. The molecule has 3 rings (SSSR count). The molecule has 3 N–H and O–H groups in total. The lowest BCUT2D eigenvalue weighted by atomic mass is 9.87. The molecule has 37 heavy (non-hydrogen) atoms. The quantitative estimate of drug-likeness (QED) is 0.381. The van der Waals surface area contributed by atoms with Crippen LogP contribution in [0.25, 0.3) is 0 Å². The highest BCUT2D eigenvalue weighted by Crippen LogP contribution is 2.26. The number of nitrogens with zero attached hydrogens (tertiary/aromatic N) is 4. The Morgan fingerprint density at radius 2 is 1.89 bits per heavy atom. The summed E-state index contributed by atoms with van der Waals surface area (Å²) < 4.78 is 5.46. The van der Waals surface area contributed by atoms with Crippen molar-refractivity contribution in [3.05, 3.63) is 35.9 Å². The van der Waals surface area contributed by atoms with Crippen LogP contribution in [0.4, 0.5) is 4.79 Å². The summed E-state index contributed by atoms with van der Waals surface area (Å²) in [6, 6.07) is 11.3. The molecule has 2 atom stereocenters. The Kier molecular flexibility index (Phi) is 9.89. The minimum atomic E-state index is -0.982. The average molecular weight is 512 g/mol. The molecule has 10 nitrogen and oxygen atoms in total. The predicted molar refractivity (Wildman–Crippen MR) is 143 cm³/mol. The second-order valence-electron chi connectivity index (χ2n) is 10.9. The summed E-state index contributed by atoms with van der Waals surface area (Å²) in [4.78, 5) is 35.0. The van der Waals surface area contributed by atoms with Gasteiger partial charge in [0.15, 0.2) is 0 Å². The van der Waals surface area contributed by atoms with Crippen molar-refractivity contribution < 1.29 is 14.3 Å². The van der Waals surface area contributed by atoms with E-state index in [4.69, 9.17) is 9.73 Å². The largest absolute Gasteiger partial charge is 0.378 e. The number of nitriles is 1. The van der Waals surface area contributed by atoms with Gasteiger partial charge >= 0.3 is 6.03 Å². The second kappa shape index (κ2) is 12.9. The van der Waals surface area contributed by atoms with Crippen molar-refractivity contribution in [2.75, 3.05) is 45.9 Å². The molecule has 0 radical (unpaired) electrons. The van der Waals surface area contributed by atoms with Crippen LogP contribution >= 0.6 is 0 Å². The van der Waals surface area contributed by atoms with Crippen molar-refractivity contribution in [3.8, 4) is 6.07 Å². The van der Waals surface area contributed by atoms with E-state index in [1.54, 1.807) is 0 Å². The summed E-state index contributed by atoms with van der Waals surface area (Å²) in [6.07, 6.45) is 1.00. The summed E-state index contributed by atoms with van der Waals surface area (Å²) in [6.45, 7) is 12.5. The number of amides is 3. The van der Waals surface area contributed by atoms with E-state index >= 15 is 0 Å². The van der Waals surface area contributed by atoms with Gasteiger partial charge in [-0.15, -0.1) is 0 Å². The van der Waals surface area contributed by atoms with Crippen LogP contribution in [0.15, 0.2) is 35.3 Å². The lowest BCUT2D eigenvalue weighted by Crippen LogP contribution is -2.55. The number of guanidine groups is 1. The Morgan fingerprint density at radius 3 is 2.51 bits per heavy atom. The predicted octanol–water partition coefficient (Wildman–Crippen LogP) is 2.08. The van der Waals surface area contributed by atoms with Gasteiger partial charge in [0, 0.05) is 39.3 Å². The van der Waals surface area contributed by atoms with E-state index in [-0.39, 0.29) is 17.4 Å². The number of aliphatic imine (C=N–C) groups is 1. The Morgan fingerprint density at radius 1 is 1.19 bits per heavy atom. The molecule has 202 valence electrons. The minimum Gasteiger partial charge on any atom is -0.378 e. The van der Waals surface area contributed by atoms with Gasteiger partial charge in [0.1, 0.15) is 11.6 Å². The Balaban J connectivity index is 1.80. The van der Waals surface area contributed by atoms with Gasteiger partial charge in [-0.2, -0.15) is 5.26 Å². The molecule has 2 heterocycles. The molecule has 2 unspecified atom stereocenters. The molecule has 1 aromatic rings. The molecule has 0 aliphatic carbocycles. The third kappa shape index (κ3) is 8.72. The van der Waals surface area contributed by atoms with E-state index in [1.807, 2.05) is 50.8 Å². The van der Waals surface area contributed by atoms with Gasteiger partial charge in [-0.1, -0.05) is 51.1 Å². The van der Waals surface area contributed by atoms with Crippen LogP contribution in [-0.2, 0) is 16.1 Å². The van der Waals surface area contributed by atoms with Crippen molar-refractivity contribution >= 4 is 17.9 Å². The van der Waals surface area contributed by atoms with E-state index in [0.717, 1.165) is 6.54 Å². The average Bonchev–Trinajstić information content (AvgIpc) is 3.26. The number of ether oxygens (including phenoxy) is 1. The fourth-order valence-corrected chi connectivity index (χ4v) is 4.60. The van der Waals surface area contributed by atoms with E-state index in [0.29, 0.717) is 64.7 Å². The van der Waals surface area contributed by atoms with Crippen LogP contribution < -0.4 is 16.0 Å². The molecule has 10 heteroatoms. The number of rotatable bonds is 7. The third-order valence-corrected chi connectivity index (χ3v) is 6.43. The van der Waals surface area contributed by atoms with E-state index < -0.39 is 11.6 Å². The highest BCUT2D eigenvalue weighted by molar-refractivity contribution is 5.97. The Hall–Kier alpha value is -3.16. The zero-order valence-electron chi connectivity index (χ0n) is 22.5. The fraction of sp³-hybridized carbons (Fsp3) is 0.630. The molecule has 2 fully saturated rings. The molecule has 0 spiro atoms. The molecule has 2 aliphatic rings. The van der Waals surface area contributed by atoms with Gasteiger partial charge in [0.05, 0.1) is 19.3 Å². The fourth-order valence-electron chi connectivity index (χ4n) is 4.60. The van der Waals surface area contributed by atoms with Crippen LogP contribution in [0.3, 0.4) is 0 Å². The van der Waals surface area contributed by atoms with Crippen molar-refractivity contribution in [2.45, 2.75) is 58.7 Å². The second-order valence-corrected chi connectivity index (χ2v) is 10.9. The zero-order valence-corrected chi connectivity index (χ0v) is 22.5. The molecule has 2 aliphatic heterocycles. The van der Waals surface area contributed by atoms with E-state index in [9.17, 15) is 14.9 Å². The Labute approximate surface area is 220 Å². The molecule has 0 bridgehead atoms. The van der Waals surface area contributed by atoms with E-state index in [2.05, 4.69) is 39.1 Å². The molecular formula is C27H41N7O3. The van der Waals surface area contributed by atoms with Crippen molar-refractivity contribution in [1.82, 2.24) is 25.8 Å². The van der Waals surface area contributed by atoms with Crippen molar-refractivity contribution in [2.24, 2.45) is 10.4 Å². The highest BCUT2D eigenvalue weighted by atomic mass is 16.5. The van der Waals surface area contributed by atoms with Crippen molar-refractivity contribution in [1.29, 1.82) is 5.26 Å². The summed E-state index contributed by atoms with van der Waals surface area (Å²) in [5.41, 5.74) is -0.0180. The third-order valence-electron chi connectivity index (χ3n) is 6.43. The molecule has 0 aromatic heterocycles. The highest BCUT2D eigenvalue weighted by Gasteiger charge is 2.41. The van der Waals surface area contributed by atoms with Crippen LogP contribution in [0.2, 0.25) is 0 Å². The number of carbonyl (C=O) groups is 2. The number of carbonyl (C=O) groups excluding carboxylic acids is 2. The molecule has 0 saturated carbocycles. The maximum atomic E-state index is 13.7. The SMILES string of the molecule is CCNC(=O)NC(=NC(CC(C)(C)C)C(=O)NC1(C#N)CCN(Cc2ccccc2)C1)N1CCOCC1. The molecular weight excluding hydrogens is 470 g/mol. The summed E-state index contributed by atoms with van der Waals surface area (Å²) >= 11 is 0. The van der Waals surface area contributed by atoms with E-state index in [1.165, 1.54) is 5.56 Å². The zero-order chi connectivity index (χ0) is 26.9. The first kappa shape index (κ1) is 28.4. The number of urea groups is 1. The smallest absolute Gasteiger partial charge is 0.321 e. The number of benzene rings is 1. The number of likely N-dealkylation sites (tertiary alicyclic amines) is 1. The monoisotopic (exact) mass is 511 g/mol. The summed E-state index contributed by atoms with van der Waals surface area (Å²) in [5.74, 6) is 0.0447. The number of nitrogens with one attached hydrogen (secondary N) is 3. The van der Waals surface area contributed by atoms with Gasteiger partial charge in [-0.25, -0.2) is 9.79 Å². The van der Waals surface area contributed by atoms with Crippen LogP contribution in [0, 0.1) is 16.7 Å². The molecule has 2 saturated heterocycles. The lowest BCUT2D eigenvalue weighted by Gasteiger charge is -2.32. The number of morpholine rings is 1. The van der Waals surface area contributed by atoms with Gasteiger partial charge in [0.25, 0.3) is 0 Å². The topological polar surface area (TPSA) is 122 Å². The first-order chi connectivity index (χ1) is 17.6. The van der Waals surface area contributed by atoms with Gasteiger partial charge in [-0.3, -0.25) is 15.0 Å². The lowest BCUT2D eigenvalue weighted by molar-refractivity contribution is -0.124. The molecule has 1 aromatic carbocycles. The normalized spacial score (nSPS) is 21.7. The first-order valence-electron chi connectivity index (χ1n) is 13.1. The van der Waals surface area contributed by atoms with Gasteiger partial charge in [0.2, 0.25) is 11.9 Å². The summed E-state index contributed by atoms with van der Waals surface area (Å²) in [5, 5.41) is 18.7.